The van der Waals surface area contributed by atoms with Crippen molar-refractivity contribution in [3.8, 4) is 17.6 Å². The molecule has 1 amide bonds. The highest BCUT2D eigenvalue weighted by Crippen LogP contribution is 2.28. The molecule has 6 nitrogen and oxygen atoms in total. The molecule has 0 atom stereocenters. The molecule has 2 aromatic carbocycles. The Morgan fingerprint density at radius 1 is 1.21 bits per heavy atom. The summed E-state index contributed by atoms with van der Waals surface area (Å²) in [4.78, 5) is 12.3. The molecule has 28 heavy (non-hydrogen) atoms. The van der Waals surface area contributed by atoms with Gasteiger partial charge in [-0.05, 0) is 36.8 Å². The second-order valence-electron chi connectivity index (χ2n) is 6.02. The third kappa shape index (κ3) is 5.61. The number of carbonyl (C=O) groups is 1. The van der Waals surface area contributed by atoms with Crippen LogP contribution in [0.5, 0.6) is 11.5 Å². The minimum absolute atomic E-state index is 0.0442. The van der Waals surface area contributed by atoms with Gasteiger partial charge in [0.1, 0.15) is 17.4 Å². The number of anilines is 1. The monoisotopic (exact) mass is 385 g/mol. The zero-order chi connectivity index (χ0) is 20.4. The van der Waals surface area contributed by atoms with E-state index in [0.717, 1.165) is 12.8 Å². The number of halogens is 1. The second kappa shape index (κ2) is 10.8. The van der Waals surface area contributed by atoms with Gasteiger partial charge in [-0.3, -0.25) is 4.79 Å². The van der Waals surface area contributed by atoms with Crippen LogP contribution < -0.4 is 20.1 Å². The largest absolute Gasteiger partial charge is 0.493 e. The molecule has 0 heterocycles. The maximum atomic E-state index is 13.6. The van der Waals surface area contributed by atoms with Crippen LogP contribution in [0.1, 0.15) is 35.7 Å². The quantitative estimate of drug-likeness (QED) is 0.609. The van der Waals surface area contributed by atoms with E-state index in [2.05, 4.69) is 17.6 Å². The number of carbonyl (C=O) groups excluding carboxylic acids is 1. The van der Waals surface area contributed by atoms with Gasteiger partial charge in [-0.1, -0.05) is 19.4 Å². The van der Waals surface area contributed by atoms with Gasteiger partial charge in [-0.2, -0.15) is 5.26 Å². The Morgan fingerprint density at radius 2 is 2.04 bits per heavy atom. The molecule has 0 aliphatic rings. The van der Waals surface area contributed by atoms with Gasteiger partial charge < -0.3 is 20.1 Å². The smallest absolute Gasteiger partial charge is 0.251 e. The molecule has 0 fully saturated rings. The Hall–Kier alpha value is -3.27. The number of nitrogens with zero attached hydrogens (tertiary/aromatic N) is 1. The number of ether oxygens (including phenoxy) is 2. The van der Waals surface area contributed by atoms with Gasteiger partial charge in [-0.25, -0.2) is 4.39 Å². The van der Waals surface area contributed by atoms with Crippen LogP contribution in [0, 0.1) is 17.1 Å². The van der Waals surface area contributed by atoms with Crippen LogP contribution in [-0.2, 0) is 0 Å². The first-order chi connectivity index (χ1) is 13.6. The Morgan fingerprint density at radius 3 is 2.75 bits per heavy atom. The molecule has 0 aliphatic heterocycles. The third-order valence-electron chi connectivity index (χ3n) is 4.03. The maximum Gasteiger partial charge on any atom is 0.251 e. The number of unbranched alkanes of at least 4 members (excludes halogenated alkanes) is 1. The van der Waals surface area contributed by atoms with E-state index >= 15 is 0 Å². The lowest BCUT2D eigenvalue weighted by Crippen LogP contribution is -2.28. The molecule has 2 N–H and O–H groups in total. The highest BCUT2D eigenvalue weighted by Gasteiger charge is 2.11. The Balaban J connectivity index is 1.89. The average Bonchev–Trinajstić information content (AvgIpc) is 2.71. The molecule has 0 bridgehead atoms. The van der Waals surface area contributed by atoms with Crippen LogP contribution >= 0.6 is 0 Å². The molecule has 7 heteroatoms. The SMILES string of the molecule is CCCCOc1ccc(C(=O)NCCNc2cccc(F)c2C#N)cc1OC. The summed E-state index contributed by atoms with van der Waals surface area (Å²) in [6.07, 6.45) is 1.97. The summed E-state index contributed by atoms with van der Waals surface area (Å²) in [6.45, 7) is 3.32. The van der Waals surface area contributed by atoms with Crippen molar-refractivity contribution in [3.05, 3.63) is 53.3 Å². The molecule has 2 rings (SSSR count). The normalized spacial score (nSPS) is 10.1. The van der Waals surface area contributed by atoms with Gasteiger partial charge in [0.25, 0.3) is 5.91 Å². The van der Waals surface area contributed by atoms with E-state index in [1.54, 1.807) is 24.3 Å². The van der Waals surface area contributed by atoms with Gasteiger partial charge in [0.2, 0.25) is 0 Å². The molecule has 0 aromatic heterocycles. The van der Waals surface area contributed by atoms with Gasteiger partial charge >= 0.3 is 0 Å². The zero-order valence-electron chi connectivity index (χ0n) is 16.0. The van der Waals surface area contributed by atoms with Crippen molar-refractivity contribution in [2.75, 3.05) is 32.1 Å². The molecule has 0 unspecified atom stereocenters. The summed E-state index contributed by atoms with van der Waals surface area (Å²) in [5.41, 5.74) is 0.799. The molecule has 0 spiro atoms. The first-order valence-corrected chi connectivity index (χ1v) is 9.12. The standard InChI is InChI=1S/C21H24FN3O3/c1-3-4-12-28-19-9-8-15(13-20(19)27-2)21(26)25-11-10-24-18-7-5-6-17(22)16(18)14-23/h5-9,13,24H,3-4,10-12H2,1-2H3,(H,25,26). The molecule has 0 saturated carbocycles. The lowest BCUT2D eigenvalue weighted by molar-refractivity contribution is 0.0954. The van der Waals surface area contributed by atoms with Crippen molar-refractivity contribution in [1.82, 2.24) is 5.32 Å². The molecular weight excluding hydrogens is 361 g/mol. The van der Waals surface area contributed by atoms with Crippen molar-refractivity contribution in [2.45, 2.75) is 19.8 Å². The van der Waals surface area contributed by atoms with Crippen molar-refractivity contribution in [1.29, 1.82) is 5.26 Å². The highest BCUT2D eigenvalue weighted by molar-refractivity contribution is 5.94. The van der Waals surface area contributed by atoms with E-state index in [1.807, 2.05) is 6.07 Å². The number of amides is 1. The Labute approximate surface area is 164 Å². The number of hydrogen-bond donors (Lipinski definition) is 2. The van der Waals surface area contributed by atoms with Crippen molar-refractivity contribution >= 4 is 11.6 Å². The van der Waals surface area contributed by atoms with Crippen LogP contribution in [0.2, 0.25) is 0 Å². The van der Waals surface area contributed by atoms with Crippen LogP contribution in [0.15, 0.2) is 36.4 Å². The van der Waals surface area contributed by atoms with Crippen molar-refractivity contribution in [2.24, 2.45) is 0 Å². The van der Waals surface area contributed by atoms with E-state index in [0.29, 0.717) is 42.4 Å². The van der Waals surface area contributed by atoms with Gasteiger partial charge in [-0.15, -0.1) is 0 Å². The van der Waals surface area contributed by atoms with Crippen LogP contribution in [0.4, 0.5) is 10.1 Å². The fourth-order valence-corrected chi connectivity index (χ4v) is 2.51. The summed E-state index contributed by atoms with van der Waals surface area (Å²) in [7, 11) is 1.53. The number of hydrogen-bond acceptors (Lipinski definition) is 5. The number of rotatable bonds is 10. The summed E-state index contributed by atoms with van der Waals surface area (Å²) >= 11 is 0. The lowest BCUT2D eigenvalue weighted by Gasteiger charge is -2.13. The molecule has 0 aliphatic carbocycles. The van der Waals surface area contributed by atoms with E-state index in [4.69, 9.17) is 14.7 Å². The predicted molar refractivity (Wildman–Crippen MR) is 105 cm³/mol. The first-order valence-electron chi connectivity index (χ1n) is 9.12. The number of nitriles is 1. The molecule has 0 radical (unpaired) electrons. The fraction of sp³-hybridized carbons (Fsp3) is 0.333. The van der Waals surface area contributed by atoms with Crippen LogP contribution in [0.25, 0.3) is 0 Å². The van der Waals surface area contributed by atoms with Crippen LogP contribution in [0.3, 0.4) is 0 Å². The zero-order valence-corrected chi connectivity index (χ0v) is 16.0. The number of benzene rings is 2. The first kappa shape index (κ1) is 21.0. The number of nitrogens with one attached hydrogen (secondary N) is 2. The Kier molecular flexibility index (Phi) is 8.10. The molecule has 0 saturated heterocycles. The predicted octanol–water partition coefficient (Wildman–Crippen LogP) is 3.73. The number of methoxy groups -OCH3 is 1. The molecule has 2 aromatic rings. The molecular formula is C21H24FN3O3. The lowest BCUT2D eigenvalue weighted by atomic mass is 10.2. The Bertz CT molecular complexity index is 849. The van der Waals surface area contributed by atoms with Gasteiger partial charge in [0.15, 0.2) is 11.5 Å². The molecule has 148 valence electrons. The van der Waals surface area contributed by atoms with Gasteiger partial charge in [0, 0.05) is 18.7 Å². The van der Waals surface area contributed by atoms with E-state index in [1.165, 1.54) is 19.2 Å². The van der Waals surface area contributed by atoms with E-state index in [9.17, 15) is 9.18 Å². The fourth-order valence-electron chi connectivity index (χ4n) is 2.51. The summed E-state index contributed by atoms with van der Waals surface area (Å²) in [5.74, 6) is 0.259. The second-order valence-corrected chi connectivity index (χ2v) is 6.02. The van der Waals surface area contributed by atoms with Gasteiger partial charge in [0.05, 0.1) is 19.4 Å². The maximum absolute atomic E-state index is 13.6. The topological polar surface area (TPSA) is 83.4 Å². The highest BCUT2D eigenvalue weighted by atomic mass is 19.1. The van der Waals surface area contributed by atoms with Crippen LogP contribution in [-0.4, -0.2) is 32.7 Å². The van der Waals surface area contributed by atoms with E-state index in [-0.39, 0.29) is 11.5 Å². The van der Waals surface area contributed by atoms with Crippen molar-refractivity contribution in [3.63, 3.8) is 0 Å². The third-order valence-corrected chi connectivity index (χ3v) is 4.03. The summed E-state index contributed by atoms with van der Waals surface area (Å²) in [6, 6.07) is 11.2. The summed E-state index contributed by atoms with van der Waals surface area (Å²) < 4.78 is 24.5. The minimum Gasteiger partial charge on any atom is -0.493 e. The van der Waals surface area contributed by atoms with E-state index < -0.39 is 5.82 Å². The van der Waals surface area contributed by atoms with Crippen molar-refractivity contribution < 1.29 is 18.7 Å². The average molecular weight is 385 g/mol. The minimum atomic E-state index is -0.579. The summed E-state index contributed by atoms with van der Waals surface area (Å²) in [5, 5.41) is 14.7.